The Morgan fingerprint density at radius 2 is 1.74 bits per heavy atom. The van der Waals surface area contributed by atoms with E-state index in [4.69, 9.17) is 23.2 Å². The highest BCUT2D eigenvalue weighted by atomic mass is 35.5. The summed E-state index contributed by atoms with van der Waals surface area (Å²) < 4.78 is 29.0. The maximum absolute atomic E-state index is 12.7. The zero-order valence-electron chi connectivity index (χ0n) is 16.5. The summed E-state index contributed by atoms with van der Waals surface area (Å²) >= 11 is 12.3. The van der Waals surface area contributed by atoms with Crippen molar-refractivity contribution in [2.24, 2.45) is 0 Å². The number of carbonyl (C=O) groups is 1. The number of carbonyl (C=O) groups excluding carboxylic acids is 1. The van der Waals surface area contributed by atoms with Gasteiger partial charge in [0.25, 0.3) is 15.9 Å². The second kappa shape index (κ2) is 8.38. The number of aryl methyl sites for hydroxylation is 1. The second-order valence-electron chi connectivity index (χ2n) is 7.15. The summed E-state index contributed by atoms with van der Waals surface area (Å²) in [7, 11) is -3.96. The lowest BCUT2D eigenvalue weighted by atomic mass is 10.1. The van der Waals surface area contributed by atoms with Crippen molar-refractivity contribution < 1.29 is 13.2 Å². The Morgan fingerprint density at radius 3 is 2.45 bits per heavy atom. The Hall–Kier alpha value is -2.80. The van der Waals surface area contributed by atoms with Crippen LogP contribution in [-0.4, -0.2) is 18.7 Å². The zero-order chi connectivity index (χ0) is 22.2. The fraction of sp³-hybridized carbons (Fsp3) is 0.0870. The smallest absolute Gasteiger partial charge is 0.266 e. The van der Waals surface area contributed by atoms with Gasteiger partial charge in [0.2, 0.25) is 0 Å². The van der Waals surface area contributed by atoms with E-state index in [0.717, 1.165) is 22.3 Å². The van der Waals surface area contributed by atoms with Gasteiger partial charge in [-0.3, -0.25) is 4.79 Å². The molecular formula is C23H18Cl2N2O3S. The van der Waals surface area contributed by atoms with Crippen molar-refractivity contribution in [1.29, 1.82) is 0 Å². The molecular weight excluding hydrogens is 455 g/mol. The predicted molar refractivity (Wildman–Crippen MR) is 122 cm³/mol. The number of amides is 1. The maximum atomic E-state index is 12.7. The molecule has 0 radical (unpaired) electrons. The van der Waals surface area contributed by atoms with E-state index < -0.39 is 15.9 Å². The monoisotopic (exact) mass is 472 g/mol. The van der Waals surface area contributed by atoms with E-state index in [1.807, 2.05) is 23.5 Å². The number of hydrogen-bond donors (Lipinski definition) is 1. The highest BCUT2D eigenvalue weighted by molar-refractivity contribution is 7.90. The largest absolute Gasteiger partial charge is 0.319 e. The van der Waals surface area contributed by atoms with E-state index in [0.29, 0.717) is 16.5 Å². The van der Waals surface area contributed by atoms with Crippen LogP contribution in [0, 0.1) is 6.92 Å². The summed E-state index contributed by atoms with van der Waals surface area (Å²) in [5.41, 5.74) is 3.99. The van der Waals surface area contributed by atoms with Crippen LogP contribution >= 0.6 is 23.2 Å². The maximum Gasteiger partial charge on any atom is 0.266 e. The normalized spacial score (nSPS) is 11.6. The molecule has 0 spiro atoms. The van der Waals surface area contributed by atoms with Crippen LogP contribution in [0.1, 0.15) is 27.2 Å². The molecule has 1 N–H and O–H groups in total. The fourth-order valence-corrected chi connectivity index (χ4v) is 4.87. The van der Waals surface area contributed by atoms with E-state index in [9.17, 15) is 13.2 Å². The molecule has 0 fully saturated rings. The summed E-state index contributed by atoms with van der Waals surface area (Å²) in [6.45, 7) is 1.98. The molecule has 0 saturated heterocycles. The van der Waals surface area contributed by atoms with Gasteiger partial charge in [-0.2, -0.15) is 0 Å². The number of rotatable bonds is 5. The molecule has 1 amide bonds. The highest BCUT2D eigenvalue weighted by Crippen LogP contribution is 2.26. The standard InChI is InChI=1S/C23H18Cl2N2O3S/c1-15-11-19-10-8-17(23(28)26-31(29,30)20-5-3-2-4-6-20)14-27(19)22(15)12-16-7-9-18(24)13-21(16)25/h2-11,13-14H,12H2,1H3,(H,26,28). The van der Waals surface area contributed by atoms with E-state index in [1.54, 1.807) is 48.7 Å². The number of benzene rings is 2. The van der Waals surface area contributed by atoms with Crippen LogP contribution in [0.4, 0.5) is 0 Å². The summed E-state index contributed by atoms with van der Waals surface area (Å²) in [6, 6.07) is 18.5. The van der Waals surface area contributed by atoms with Crippen LogP contribution in [0.2, 0.25) is 10.0 Å². The first-order chi connectivity index (χ1) is 14.7. The molecule has 2 heterocycles. The number of hydrogen-bond acceptors (Lipinski definition) is 3. The van der Waals surface area contributed by atoms with Crippen molar-refractivity contribution in [3.05, 3.63) is 105 Å². The van der Waals surface area contributed by atoms with Crippen molar-refractivity contribution in [2.45, 2.75) is 18.2 Å². The van der Waals surface area contributed by atoms with Gasteiger partial charge in [-0.05, 0) is 60.5 Å². The van der Waals surface area contributed by atoms with Gasteiger partial charge in [-0.25, -0.2) is 13.1 Å². The first kappa shape index (κ1) is 21.4. The summed E-state index contributed by atoms with van der Waals surface area (Å²) in [5, 5.41) is 1.12. The van der Waals surface area contributed by atoms with E-state index in [-0.39, 0.29) is 10.5 Å². The Morgan fingerprint density at radius 1 is 1.00 bits per heavy atom. The van der Waals surface area contributed by atoms with E-state index in [1.165, 1.54) is 12.1 Å². The number of nitrogens with one attached hydrogen (secondary N) is 1. The summed E-state index contributed by atoms with van der Waals surface area (Å²) in [5.74, 6) is -0.701. The van der Waals surface area contributed by atoms with Crippen LogP contribution < -0.4 is 4.72 Å². The van der Waals surface area contributed by atoms with Gasteiger partial charge in [0.05, 0.1) is 10.5 Å². The third-order valence-corrected chi connectivity index (χ3v) is 6.94. The predicted octanol–water partition coefficient (Wildman–Crippen LogP) is 5.26. The topological polar surface area (TPSA) is 67.7 Å². The Bertz CT molecular complexity index is 1400. The Labute approximate surface area is 190 Å². The summed E-state index contributed by atoms with van der Waals surface area (Å²) in [4.78, 5) is 12.7. The lowest BCUT2D eigenvalue weighted by Gasteiger charge is -2.10. The van der Waals surface area contributed by atoms with Crippen LogP contribution in [0.15, 0.2) is 77.8 Å². The van der Waals surface area contributed by atoms with Gasteiger partial charge in [-0.15, -0.1) is 0 Å². The number of sulfonamides is 1. The van der Waals surface area contributed by atoms with Crippen LogP contribution in [0.25, 0.3) is 5.52 Å². The Kier molecular flexibility index (Phi) is 5.79. The quantitative estimate of drug-likeness (QED) is 0.430. The van der Waals surface area contributed by atoms with Crippen molar-refractivity contribution >= 4 is 44.6 Å². The molecule has 0 aliphatic heterocycles. The van der Waals surface area contributed by atoms with Crippen molar-refractivity contribution in [2.75, 3.05) is 0 Å². The average molecular weight is 473 g/mol. The van der Waals surface area contributed by atoms with Gasteiger partial charge >= 0.3 is 0 Å². The van der Waals surface area contributed by atoms with Crippen molar-refractivity contribution in [3.63, 3.8) is 0 Å². The number of fused-ring (bicyclic) bond motifs is 1. The number of nitrogens with zero attached hydrogens (tertiary/aromatic N) is 1. The molecule has 8 heteroatoms. The second-order valence-corrected chi connectivity index (χ2v) is 9.67. The lowest BCUT2D eigenvalue weighted by molar-refractivity contribution is 0.0981. The fourth-order valence-electron chi connectivity index (χ4n) is 3.40. The molecule has 2 aromatic carbocycles. The zero-order valence-corrected chi connectivity index (χ0v) is 18.8. The molecule has 0 saturated carbocycles. The molecule has 0 unspecified atom stereocenters. The first-order valence-electron chi connectivity index (χ1n) is 9.41. The van der Waals surface area contributed by atoms with Gasteiger partial charge < -0.3 is 4.40 Å². The van der Waals surface area contributed by atoms with Gasteiger partial charge in [-0.1, -0.05) is 47.5 Å². The molecule has 31 heavy (non-hydrogen) atoms. The minimum Gasteiger partial charge on any atom is -0.319 e. The molecule has 0 atom stereocenters. The van der Waals surface area contributed by atoms with Crippen LogP contribution in [0.5, 0.6) is 0 Å². The molecule has 0 bridgehead atoms. The summed E-state index contributed by atoms with van der Waals surface area (Å²) in [6.07, 6.45) is 2.17. The lowest BCUT2D eigenvalue weighted by Crippen LogP contribution is -2.30. The average Bonchev–Trinajstić information content (AvgIpc) is 3.04. The molecule has 158 valence electrons. The van der Waals surface area contributed by atoms with Gasteiger partial charge in [0.15, 0.2) is 0 Å². The Balaban J connectivity index is 1.67. The highest BCUT2D eigenvalue weighted by Gasteiger charge is 2.19. The third-order valence-electron chi connectivity index (χ3n) is 5.01. The first-order valence-corrected chi connectivity index (χ1v) is 11.7. The van der Waals surface area contributed by atoms with Crippen LogP contribution in [-0.2, 0) is 16.4 Å². The van der Waals surface area contributed by atoms with Crippen molar-refractivity contribution in [1.82, 2.24) is 9.12 Å². The number of aromatic nitrogens is 1. The molecule has 5 nitrogen and oxygen atoms in total. The molecule has 2 aromatic heterocycles. The van der Waals surface area contributed by atoms with Gasteiger partial charge in [0, 0.05) is 33.9 Å². The third kappa shape index (κ3) is 4.46. The minimum absolute atomic E-state index is 0.0271. The molecule has 0 aliphatic rings. The van der Waals surface area contributed by atoms with Crippen molar-refractivity contribution in [3.8, 4) is 0 Å². The van der Waals surface area contributed by atoms with Crippen LogP contribution in [0.3, 0.4) is 0 Å². The molecule has 4 aromatic rings. The number of pyridine rings is 1. The molecule has 0 aliphatic carbocycles. The van der Waals surface area contributed by atoms with E-state index in [2.05, 4.69) is 4.72 Å². The molecule has 4 rings (SSSR count). The number of halogens is 2. The minimum atomic E-state index is -3.96. The SMILES string of the molecule is Cc1cc2ccc(C(=O)NS(=O)(=O)c3ccccc3)cn2c1Cc1ccc(Cl)cc1Cl. The van der Waals surface area contributed by atoms with E-state index >= 15 is 0 Å². The van der Waals surface area contributed by atoms with Gasteiger partial charge in [0.1, 0.15) is 0 Å².